The number of hydrogen-bond donors (Lipinski definition) is 2. The fourth-order valence-corrected chi connectivity index (χ4v) is 3.97. The molecule has 0 aliphatic rings. The van der Waals surface area contributed by atoms with Crippen molar-refractivity contribution < 1.29 is 14.3 Å². The van der Waals surface area contributed by atoms with Gasteiger partial charge in [-0.15, -0.1) is 0 Å². The number of aromatic hydroxyl groups is 1. The fraction of sp³-hybridized carbons (Fsp3) is 0.0417. The Morgan fingerprint density at radius 2 is 1.66 bits per heavy atom. The van der Waals surface area contributed by atoms with Crippen LogP contribution in [0.15, 0.2) is 89.4 Å². The van der Waals surface area contributed by atoms with Crippen molar-refractivity contribution in [2.75, 3.05) is 0 Å². The van der Waals surface area contributed by atoms with Crippen molar-refractivity contribution >= 4 is 32.6 Å². The van der Waals surface area contributed by atoms with Crippen molar-refractivity contribution in [2.24, 2.45) is 0 Å². The Bertz CT molecular complexity index is 1190. The number of amides is 1. The molecular weight excluding hydrogens is 433 g/mol. The molecule has 1 atom stereocenters. The summed E-state index contributed by atoms with van der Waals surface area (Å²) in [7, 11) is 0. The number of carbonyl (C=O) groups excluding carboxylic acids is 1. The Hall–Kier alpha value is -3.18. The molecule has 3 nitrogen and oxygen atoms in total. The predicted molar refractivity (Wildman–Crippen MR) is 115 cm³/mol. The molecule has 1 amide bonds. The lowest BCUT2D eigenvalue weighted by Crippen LogP contribution is -2.29. The molecule has 4 aromatic carbocycles. The van der Waals surface area contributed by atoms with E-state index in [-0.39, 0.29) is 11.7 Å². The van der Waals surface area contributed by atoms with Gasteiger partial charge in [0.1, 0.15) is 11.6 Å². The van der Waals surface area contributed by atoms with Gasteiger partial charge in [0.15, 0.2) is 0 Å². The molecule has 0 bridgehead atoms. The summed E-state index contributed by atoms with van der Waals surface area (Å²) in [5.74, 6) is -0.714. The second kappa shape index (κ2) is 8.05. The Morgan fingerprint density at radius 1 is 0.931 bits per heavy atom. The van der Waals surface area contributed by atoms with Crippen LogP contribution in [0.3, 0.4) is 0 Å². The van der Waals surface area contributed by atoms with Gasteiger partial charge in [-0.2, -0.15) is 0 Å². The van der Waals surface area contributed by atoms with Gasteiger partial charge in [0.25, 0.3) is 5.91 Å². The summed E-state index contributed by atoms with van der Waals surface area (Å²) in [6.07, 6.45) is 0. The lowest BCUT2D eigenvalue weighted by Gasteiger charge is -2.23. The summed E-state index contributed by atoms with van der Waals surface area (Å²) < 4.78 is 13.8. The molecular formula is C24H17BrFNO2. The Kier molecular flexibility index (Phi) is 5.32. The van der Waals surface area contributed by atoms with Gasteiger partial charge in [-0.05, 0) is 56.5 Å². The third-order valence-electron chi connectivity index (χ3n) is 4.82. The van der Waals surface area contributed by atoms with E-state index in [0.717, 1.165) is 16.3 Å². The van der Waals surface area contributed by atoms with Crippen molar-refractivity contribution in [3.63, 3.8) is 0 Å². The molecule has 0 saturated carbocycles. The molecule has 4 rings (SSSR count). The maximum absolute atomic E-state index is 13.4. The zero-order valence-corrected chi connectivity index (χ0v) is 16.9. The van der Waals surface area contributed by atoms with Crippen LogP contribution in [0.2, 0.25) is 0 Å². The molecule has 2 N–H and O–H groups in total. The van der Waals surface area contributed by atoms with E-state index in [1.54, 1.807) is 6.07 Å². The number of carbonyl (C=O) groups is 1. The van der Waals surface area contributed by atoms with Crippen LogP contribution in [0.5, 0.6) is 5.75 Å². The fourth-order valence-electron chi connectivity index (χ4n) is 3.44. The van der Waals surface area contributed by atoms with Crippen molar-refractivity contribution in [1.82, 2.24) is 5.32 Å². The van der Waals surface area contributed by atoms with E-state index in [2.05, 4.69) is 21.2 Å². The lowest BCUT2D eigenvalue weighted by molar-refractivity contribution is 0.0942. The molecule has 0 aromatic heterocycles. The number of phenolic OH excluding ortho intramolecular Hbond substituents is 1. The number of benzene rings is 4. The topological polar surface area (TPSA) is 49.3 Å². The average Bonchev–Trinajstić information content (AvgIpc) is 2.73. The normalized spacial score (nSPS) is 11.9. The third kappa shape index (κ3) is 3.87. The largest absolute Gasteiger partial charge is 0.508 e. The van der Waals surface area contributed by atoms with Gasteiger partial charge in [0.2, 0.25) is 0 Å². The van der Waals surface area contributed by atoms with Gasteiger partial charge in [-0.3, -0.25) is 4.79 Å². The zero-order chi connectivity index (χ0) is 20.4. The van der Waals surface area contributed by atoms with Crippen LogP contribution < -0.4 is 5.32 Å². The molecule has 0 aliphatic carbocycles. The first kappa shape index (κ1) is 19.2. The van der Waals surface area contributed by atoms with Crippen molar-refractivity contribution in [3.8, 4) is 5.75 Å². The smallest absolute Gasteiger partial charge is 0.253 e. The summed E-state index contributed by atoms with van der Waals surface area (Å²) in [6, 6.07) is 23.9. The first-order valence-corrected chi connectivity index (χ1v) is 9.85. The van der Waals surface area contributed by atoms with Crippen LogP contribution in [0.25, 0.3) is 10.8 Å². The van der Waals surface area contributed by atoms with E-state index < -0.39 is 11.9 Å². The number of halogens is 2. The molecule has 0 spiro atoms. The Labute approximate surface area is 175 Å². The van der Waals surface area contributed by atoms with Gasteiger partial charge < -0.3 is 10.4 Å². The predicted octanol–water partition coefficient (Wildman–Crippen LogP) is 5.97. The number of rotatable bonds is 4. The maximum atomic E-state index is 13.4. The quantitative estimate of drug-likeness (QED) is 0.403. The molecule has 5 heteroatoms. The van der Waals surface area contributed by atoms with Crippen LogP contribution in [-0.4, -0.2) is 11.0 Å². The summed E-state index contributed by atoms with van der Waals surface area (Å²) in [6.45, 7) is 0. The highest BCUT2D eigenvalue weighted by atomic mass is 79.9. The summed E-state index contributed by atoms with van der Waals surface area (Å²) in [5.41, 5.74) is 1.75. The number of phenols is 1. The zero-order valence-electron chi connectivity index (χ0n) is 15.3. The minimum absolute atomic E-state index is 0.0935. The summed E-state index contributed by atoms with van der Waals surface area (Å²) >= 11 is 3.25. The minimum Gasteiger partial charge on any atom is -0.508 e. The van der Waals surface area contributed by atoms with Crippen LogP contribution in [0.1, 0.15) is 27.5 Å². The molecule has 4 aromatic rings. The Morgan fingerprint density at radius 3 is 2.41 bits per heavy atom. The van der Waals surface area contributed by atoms with Gasteiger partial charge in [-0.1, -0.05) is 60.7 Å². The van der Waals surface area contributed by atoms with E-state index in [1.807, 2.05) is 60.7 Å². The van der Waals surface area contributed by atoms with Crippen molar-refractivity contribution in [3.05, 3.63) is 112 Å². The second-order valence-corrected chi connectivity index (χ2v) is 7.52. The lowest BCUT2D eigenvalue weighted by atomic mass is 9.92. The minimum atomic E-state index is -0.591. The van der Waals surface area contributed by atoms with Gasteiger partial charge in [-0.25, -0.2) is 4.39 Å². The molecule has 0 saturated heterocycles. The van der Waals surface area contributed by atoms with Gasteiger partial charge in [0.05, 0.1) is 11.6 Å². The molecule has 144 valence electrons. The molecule has 0 heterocycles. The van der Waals surface area contributed by atoms with Crippen molar-refractivity contribution in [2.45, 2.75) is 6.04 Å². The average molecular weight is 450 g/mol. The monoisotopic (exact) mass is 449 g/mol. The van der Waals surface area contributed by atoms with Gasteiger partial charge >= 0.3 is 0 Å². The molecule has 1 unspecified atom stereocenters. The first-order chi connectivity index (χ1) is 14.0. The highest BCUT2D eigenvalue weighted by Crippen LogP contribution is 2.36. The highest BCUT2D eigenvalue weighted by molar-refractivity contribution is 9.10. The van der Waals surface area contributed by atoms with Crippen LogP contribution in [0.4, 0.5) is 4.39 Å². The van der Waals surface area contributed by atoms with Crippen LogP contribution in [0, 0.1) is 5.82 Å². The molecule has 0 fully saturated rings. The maximum Gasteiger partial charge on any atom is 0.253 e. The summed E-state index contributed by atoms with van der Waals surface area (Å²) in [4.78, 5) is 13.0. The Balaban J connectivity index is 1.84. The van der Waals surface area contributed by atoms with E-state index in [0.29, 0.717) is 15.6 Å². The molecule has 0 aliphatic heterocycles. The second-order valence-electron chi connectivity index (χ2n) is 6.66. The number of fused-ring (bicyclic) bond motifs is 1. The van der Waals surface area contributed by atoms with Crippen LogP contribution in [-0.2, 0) is 0 Å². The SMILES string of the molecule is O=C(NC(c1ccccc1)c1c(O)ccc2ccccc12)c1ccc(F)cc1Br. The first-order valence-electron chi connectivity index (χ1n) is 9.06. The van der Waals surface area contributed by atoms with E-state index in [1.165, 1.54) is 18.2 Å². The molecule has 29 heavy (non-hydrogen) atoms. The highest BCUT2D eigenvalue weighted by Gasteiger charge is 2.24. The van der Waals surface area contributed by atoms with E-state index in [9.17, 15) is 14.3 Å². The standard InChI is InChI=1S/C24H17BrFNO2/c25-20-14-17(26)11-12-19(20)24(29)27-23(16-7-2-1-3-8-16)22-18-9-5-4-6-15(18)10-13-21(22)28/h1-14,23,28H,(H,27,29). The third-order valence-corrected chi connectivity index (χ3v) is 5.48. The summed E-state index contributed by atoms with van der Waals surface area (Å²) in [5, 5.41) is 15.5. The number of nitrogens with one attached hydrogen (secondary N) is 1. The number of hydrogen-bond acceptors (Lipinski definition) is 2. The van der Waals surface area contributed by atoms with Crippen molar-refractivity contribution in [1.29, 1.82) is 0 Å². The van der Waals surface area contributed by atoms with E-state index >= 15 is 0 Å². The molecule has 0 radical (unpaired) electrons. The van der Waals surface area contributed by atoms with E-state index in [4.69, 9.17) is 0 Å². The van der Waals surface area contributed by atoms with Gasteiger partial charge in [0, 0.05) is 10.0 Å². The van der Waals surface area contributed by atoms with Crippen LogP contribution >= 0.6 is 15.9 Å².